The maximum atomic E-state index is 11.9. The van der Waals surface area contributed by atoms with Gasteiger partial charge >= 0.3 is 5.97 Å². The summed E-state index contributed by atoms with van der Waals surface area (Å²) in [5, 5.41) is 0. The van der Waals surface area contributed by atoms with Crippen LogP contribution in [-0.4, -0.2) is 30.2 Å². The minimum Gasteiger partial charge on any atom is -0.493 e. The Bertz CT molecular complexity index is 631. The Morgan fingerprint density at radius 1 is 1.15 bits per heavy atom. The number of carbonyl (C=O) groups excluding carboxylic acids is 1. The van der Waals surface area contributed by atoms with E-state index < -0.39 is 5.97 Å². The molecule has 2 rings (SSSR count). The van der Waals surface area contributed by atoms with Crippen molar-refractivity contribution in [1.82, 2.24) is 9.97 Å². The maximum Gasteiger partial charge on any atom is 0.381 e. The van der Waals surface area contributed by atoms with Crippen LogP contribution in [0.1, 0.15) is 10.6 Å². The molecule has 1 heterocycles. The summed E-state index contributed by atoms with van der Waals surface area (Å²) in [6.45, 7) is 0. The molecule has 0 saturated heterocycles. The van der Waals surface area contributed by atoms with Crippen molar-refractivity contribution < 1.29 is 19.0 Å². The third-order valence-electron chi connectivity index (χ3n) is 2.43. The smallest absolute Gasteiger partial charge is 0.381 e. The molecule has 0 fully saturated rings. The molecular weight excluding hydrogens is 262 g/mol. The molecule has 7 heteroatoms. The number of rotatable bonds is 4. The van der Waals surface area contributed by atoms with E-state index in [4.69, 9.17) is 19.9 Å². The van der Waals surface area contributed by atoms with Crippen LogP contribution >= 0.6 is 0 Å². The molecule has 20 heavy (non-hydrogen) atoms. The highest BCUT2D eigenvalue weighted by atomic mass is 16.6. The number of carbonyl (C=O) groups is 1. The Hall–Kier alpha value is -2.83. The predicted octanol–water partition coefficient (Wildman–Crippen LogP) is 1.30. The Labute approximate surface area is 115 Å². The molecule has 0 unspecified atom stereocenters. The molecule has 0 amide bonds. The highest BCUT2D eigenvalue weighted by Crippen LogP contribution is 2.36. The van der Waals surface area contributed by atoms with Gasteiger partial charge in [-0.1, -0.05) is 6.07 Å². The zero-order chi connectivity index (χ0) is 14.5. The van der Waals surface area contributed by atoms with Crippen LogP contribution < -0.4 is 19.9 Å². The van der Waals surface area contributed by atoms with Gasteiger partial charge in [-0.05, 0) is 18.2 Å². The number of benzene rings is 1. The highest BCUT2D eigenvalue weighted by molar-refractivity contribution is 5.87. The first-order valence-corrected chi connectivity index (χ1v) is 5.67. The van der Waals surface area contributed by atoms with E-state index in [0.717, 1.165) is 0 Å². The molecule has 104 valence electrons. The van der Waals surface area contributed by atoms with Crippen molar-refractivity contribution in [2.24, 2.45) is 0 Å². The summed E-state index contributed by atoms with van der Waals surface area (Å²) in [5.41, 5.74) is 5.49. The number of hydrogen-bond acceptors (Lipinski definition) is 7. The molecule has 0 atom stereocenters. The number of para-hydroxylation sites is 1. The first kappa shape index (κ1) is 13.6. The fraction of sp³-hybridized carbons (Fsp3) is 0.154. The zero-order valence-corrected chi connectivity index (χ0v) is 11.0. The van der Waals surface area contributed by atoms with Crippen molar-refractivity contribution in [3.8, 4) is 17.2 Å². The topological polar surface area (TPSA) is 96.6 Å². The molecule has 0 aliphatic carbocycles. The molecule has 1 aromatic heterocycles. The van der Waals surface area contributed by atoms with Crippen molar-refractivity contribution in [2.45, 2.75) is 0 Å². The minimum atomic E-state index is -0.733. The summed E-state index contributed by atoms with van der Waals surface area (Å²) in [6, 6.07) is 6.41. The normalized spacial score (nSPS) is 9.90. The molecule has 0 radical (unpaired) electrons. The van der Waals surface area contributed by atoms with Crippen LogP contribution in [0.25, 0.3) is 0 Å². The summed E-state index contributed by atoms with van der Waals surface area (Å²) in [5.74, 6) is 0.296. The Balaban J connectivity index is 2.28. The Morgan fingerprint density at radius 2 is 1.90 bits per heavy atom. The van der Waals surface area contributed by atoms with Gasteiger partial charge in [-0.25, -0.2) is 14.8 Å². The van der Waals surface area contributed by atoms with Crippen LogP contribution in [0.2, 0.25) is 0 Å². The standard InChI is InChI=1S/C13H13N3O4/c1-18-8-4-3-5-9(11(8)19-2)20-13(17)12-15-7-6-10(14)16-12/h3-7H,1-2H3,(H2,14,15,16). The lowest BCUT2D eigenvalue weighted by atomic mass is 10.3. The van der Waals surface area contributed by atoms with Crippen LogP contribution in [0, 0.1) is 0 Å². The van der Waals surface area contributed by atoms with E-state index in [1.807, 2.05) is 0 Å². The van der Waals surface area contributed by atoms with Crippen LogP contribution in [0.5, 0.6) is 17.2 Å². The van der Waals surface area contributed by atoms with Gasteiger partial charge in [-0.2, -0.15) is 0 Å². The van der Waals surface area contributed by atoms with Gasteiger partial charge in [0, 0.05) is 6.20 Å². The number of nitrogens with zero attached hydrogens (tertiary/aromatic N) is 2. The van der Waals surface area contributed by atoms with E-state index in [-0.39, 0.29) is 17.4 Å². The molecule has 0 bridgehead atoms. The fourth-order valence-corrected chi connectivity index (χ4v) is 1.55. The zero-order valence-electron chi connectivity index (χ0n) is 11.0. The van der Waals surface area contributed by atoms with Crippen molar-refractivity contribution >= 4 is 11.8 Å². The number of esters is 1. The maximum absolute atomic E-state index is 11.9. The van der Waals surface area contributed by atoms with Gasteiger partial charge in [0.2, 0.25) is 11.6 Å². The highest BCUT2D eigenvalue weighted by Gasteiger charge is 2.17. The van der Waals surface area contributed by atoms with Crippen LogP contribution in [0.15, 0.2) is 30.5 Å². The molecular formula is C13H13N3O4. The fourth-order valence-electron chi connectivity index (χ4n) is 1.55. The SMILES string of the molecule is COc1cccc(OC(=O)c2nccc(N)n2)c1OC. The van der Waals surface area contributed by atoms with Gasteiger partial charge < -0.3 is 19.9 Å². The van der Waals surface area contributed by atoms with E-state index in [0.29, 0.717) is 11.5 Å². The summed E-state index contributed by atoms with van der Waals surface area (Å²) >= 11 is 0. The summed E-state index contributed by atoms with van der Waals surface area (Å²) < 4.78 is 15.5. The van der Waals surface area contributed by atoms with Crippen molar-refractivity contribution in [3.63, 3.8) is 0 Å². The monoisotopic (exact) mass is 275 g/mol. The lowest BCUT2D eigenvalue weighted by Crippen LogP contribution is -2.14. The quantitative estimate of drug-likeness (QED) is 0.663. The average Bonchev–Trinajstić information content (AvgIpc) is 2.46. The second-order valence-corrected chi connectivity index (χ2v) is 3.69. The summed E-state index contributed by atoms with van der Waals surface area (Å²) in [6.07, 6.45) is 1.38. The molecule has 7 nitrogen and oxygen atoms in total. The van der Waals surface area contributed by atoms with Gasteiger partial charge in [0.25, 0.3) is 0 Å². The number of ether oxygens (including phenoxy) is 3. The number of anilines is 1. The number of methoxy groups -OCH3 is 2. The lowest BCUT2D eigenvalue weighted by molar-refractivity contribution is 0.0716. The molecule has 2 N–H and O–H groups in total. The second-order valence-electron chi connectivity index (χ2n) is 3.69. The summed E-state index contributed by atoms with van der Waals surface area (Å²) in [4.78, 5) is 19.5. The largest absolute Gasteiger partial charge is 0.493 e. The van der Waals surface area contributed by atoms with Crippen molar-refractivity contribution in [3.05, 3.63) is 36.3 Å². The Kier molecular flexibility index (Phi) is 3.99. The molecule has 1 aromatic carbocycles. The van der Waals surface area contributed by atoms with E-state index in [2.05, 4.69) is 9.97 Å². The van der Waals surface area contributed by atoms with Gasteiger partial charge in [0.15, 0.2) is 11.5 Å². The van der Waals surface area contributed by atoms with E-state index >= 15 is 0 Å². The lowest BCUT2D eigenvalue weighted by Gasteiger charge is -2.11. The predicted molar refractivity (Wildman–Crippen MR) is 70.9 cm³/mol. The van der Waals surface area contributed by atoms with E-state index in [1.54, 1.807) is 18.2 Å². The van der Waals surface area contributed by atoms with E-state index in [1.165, 1.54) is 26.5 Å². The average molecular weight is 275 g/mol. The van der Waals surface area contributed by atoms with Crippen LogP contribution in [-0.2, 0) is 0 Å². The Morgan fingerprint density at radius 3 is 2.55 bits per heavy atom. The van der Waals surface area contributed by atoms with Gasteiger partial charge in [-0.15, -0.1) is 0 Å². The summed E-state index contributed by atoms with van der Waals surface area (Å²) in [7, 11) is 2.94. The third-order valence-corrected chi connectivity index (χ3v) is 2.43. The minimum absolute atomic E-state index is 0.130. The van der Waals surface area contributed by atoms with Crippen LogP contribution in [0.4, 0.5) is 5.82 Å². The third kappa shape index (κ3) is 2.77. The molecule has 0 saturated carbocycles. The second kappa shape index (κ2) is 5.87. The van der Waals surface area contributed by atoms with Gasteiger partial charge in [0.05, 0.1) is 14.2 Å². The molecule has 0 spiro atoms. The van der Waals surface area contributed by atoms with Crippen molar-refractivity contribution in [2.75, 3.05) is 20.0 Å². The first-order chi connectivity index (χ1) is 9.65. The number of nitrogen functional groups attached to an aromatic ring is 1. The number of hydrogen-bond donors (Lipinski definition) is 1. The molecule has 0 aliphatic rings. The molecule has 2 aromatic rings. The number of aromatic nitrogens is 2. The first-order valence-electron chi connectivity index (χ1n) is 5.67. The van der Waals surface area contributed by atoms with Crippen molar-refractivity contribution in [1.29, 1.82) is 0 Å². The number of nitrogens with two attached hydrogens (primary N) is 1. The molecule has 0 aliphatic heterocycles. The van der Waals surface area contributed by atoms with Gasteiger partial charge in [0.1, 0.15) is 5.82 Å². The van der Waals surface area contributed by atoms with E-state index in [9.17, 15) is 4.79 Å². The van der Waals surface area contributed by atoms with Gasteiger partial charge in [-0.3, -0.25) is 0 Å². The van der Waals surface area contributed by atoms with Crippen LogP contribution in [0.3, 0.4) is 0 Å².